The van der Waals surface area contributed by atoms with Crippen LogP contribution in [0.1, 0.15) is 23.7 Å². The SMILES string of the molecule is CCN(CC(=O)N1CCCN(c2ccc(-c3ccc(F)cc3)nn2)CC1)C(=O)c1ccc(F)cc1. The molecule has 2 aromatic carbocycles. The topological polar surface area (TPSA) is 69.6 Å². The Morgan fingerprint density at radius 2 is 1.54 bits per heavy atom. The van der Waals surface area contributed by atoms with E-state index in [1.54, 1.807) is 17.0 Å². The molecule has 9 heteroatoms. The van der Waals surface area contributed by atoms with Crippen LogP contribution in [0.5, 0.6) is 0 Å². The number of hydrogen-bond donors (Lipinski definition) is 0. The second-order valence-electron chi connectivity index (χ2n) is 8.33. The van der Waals surface area contributed by atoms with E-state index >= 15 is 0 Å². The molecule has 0 radical (unpaired) electrons. The summed E-state index contributed by atoms with van der Waals surface area (Å²) in [5.41, 5.74) is 1.80. The number of likely N-dealkylation sites (N-methyl/N-ethyl adjacent to an activating group) is 1. The van der Waals surface area contributed by atoms with Gasteiger partial charge in [-0.3, -0.25) is 9.59 Å². The fourth-order valence-corrected chi connectivity index (χ4v) is 4.03. The van der Waals surface area contributed by atoms with E-state index in [0.717, 1.165) is 18.5 Å². The van der Waals surface area contributed by atoms with Crippen LogP contribution < -0.4 is 4.90 Å². The summed E-state index contributed by atoms with van der Waals surface area (Å²) < 4.78 is 26.3. The molecule has 0 saturated carbocycles. The lowest BCUT2D eigenvalue weighted by Gasteiger charge is -2.26. The second kappa shape index (κ2) is 11.0. The smallest absolute Gasteiger partial charge is 0.254 e. The lowest BCUT2D eigenvalue weighted by atomic mass is 10.1. The van der Waals surface area contributed by atoms with Gasteiger partial charge in [0.2, 0.25) is 5.91 Å². The minimum absolute atomic E-state index is 0.0289. The first-order valence-electron chi connectivity index (χ1n) is 11.6. The molecule has 1 saturated heterocycles. The molecule has 3 aromatic rings. The van der Waals surface area contributed by atoms with Gasteiger partial charge in [0, 0.05) is 43.9 Å². The molecule has 1 aromatic heterocycles. The van der Waals surface area contributed by atoms with Crippen molar-refractivity contribution in [3.63, 3.8) is 0 Å². The monoisotopic (exact) mass is 479 g/mol. The molecule has 0 unspecified atom stereocenters. The predicted octanol–water partition coefficient (Wildman–Crippen LogP) is 3.62. The van der Waals surface area contributed by atoms with Crippen LogP contribution in [0.3, 0.4) is 0 Å². The Balaban J connectivity index is 1.35. The molecule has 7 nitrogen and oxygen atoms in total. The second-order valence-corrected chi connectivity index (χ2v) is 8.33. The molecule has 1 fully saturated rings. The number of rotatable bonds is 6. The lowest BCUT2D eigenvalue weighted by molar-refractivity contribution is -0.131. The average Bonchev–Trinajstić information content (AvgIpc) is 3.14. The molecule has 182 valence electrons. The summed E-state index contributed by atoms with van der Waals surface area (Å²) in [6.45, 7) is 4.56. The number of halogens is 2. The highest BCUT2D eigenvalue weighted by molar-refractivity contribution is 5.96. The minimum atomic E-state index is -0.412. The van der Waals surface area contributed by atoms with Gasteiger partial charge in [0.05, 0.1) is 5.69 Å². The van der Waals surface area contributed by atoms with E-state index < -0.39 is 5.82 Å². The number of amides is 2. The van der Waals surface area contributed by atoms with Crippen LogP contribution in [0.15, 0.2) is 60.7 Å². The minimum Gasteiger partial charge on any atom is -0.353 e. The van der Waals surface area contributed by atoms with E-state index in [0.29, 0.717) is 43.3 Å². The number of nitrogens with zero attached hydrogens (tertiary/aromatic N) is 5. The number of benzene rings is 2. The standard InChI is InChI=1S/C26H27F2N5O2/c1-2-31(26(35)20-6-10-22(28)11-7-20)18-25(34)33-15-3-14-32(16-17-33)24-13-12-23(29-30-24)19-4-8-21(27)9-5-19/h4-13H,2-3,14-18H2,1H3. The van der Waals surface area contributed by atoms with Gasteiger partial charge < -0.3 is 14.7 Å². The van der Waals surface area contributed by atoms with Crippen molar-refractivity contribution in [2.24, 2.45) is 0 Å². The van der Waals surface area contributed by atoms with Crippen molar-refractivity contribution in [1.82, 2.24) is 20.0 Å². The zero-order chi connectivity index (χ0) is 24.8. The zero-order valence-corrected chi connectivity index (χ0v) is 19.5. The van der Waals surface area contributed by atoms with E-state index in [2.05, 4.69) is 15.1 Å². The molecule has 1 aliphatic rings. The highest BCUT2D eigenvalue weighted by Gasteiger charge is 2.24. The van der Waals surface area contributed by atoms with Crippen molar-refractivity contribution in [1.29, 1.82) is 0 Å². The van der Waals surface area contributed by atoms with Crippen molar-refractivity contribution < 1.29 is 18.4 Å². The summed E-state index contributed by atoms with van der Waals surface area (Å²) in [6, 6.07) is 15.2. The molecule has 0 N–H and O–H groups in total. The van der Waals surface area contributed by atoms with E-state index in [1.165, 1.54) is 41.3 Å². The lowest BCUT2D eigenvalue weighted by Crippen LogP contribution is -2.44. The number of anilines is 1. The van der Waals surface area contributed by atoms with E-state index in [9.17, 15) is 18.4 Å². The Hall–Kier alpha value is -3.88. The van der Waals surface area contributed by atoms with Gasteiger partial charge in [0.25, 0.3) is 5.91 Å². The fraction of sp³-hybridized carbons (Fsp3) is 0.308. The number of carbonyl (C=O) groups excluding carboxylic acids is 2. The third-order valence-electron chi connectivity index (χ3n) is 6.05. The van der Waals surface area contributed by atoms with Crippen LogP contribution in [-0.2, 0) is 4.79 Å². The van der Waals surface area contributed by atoms with Crippen molar-refractivity contribution in [2.75, 3.05) is 44.2 Å². The molecule has 4 rings (SSSR count). The molecule has 35 heavy (non-hydrogen) atoms. The highest BCUT2D eigenvalue weighted by atomic mass is 19.1. The Morgan fingerprint density at radius 3 is 2.17 bits per heavy atom. The van der Waals surface area contributed by atoms with E-state index in [4.69, 9.17) is 0 Å². The maximum atomic E-state index is 13.2. The summed E-state index contributed by atoms with van der Waals surface area (Å²) in [4.78, 5) is 31.0. The van der Waals surface area contributed by atoms with E-state index in [1.807, 2.05) is 19.1 Å². The Kier molecular flexibility index (Phi) is 7.64. The van der Waals surface area contributed by atoms with Gasteiger partial charge in [-0.25, -0.2) is 8.78 Å². The van der Waals surface area contributed by atoms with Gasteiger partial charge >= 0.3 is 0 Å². The van der Waals surface area contributed by atoms with Gasteiger partial charge in [-0.1, -0.05) is 0 Å². The molecule has 0 aliphatic carbocycles. The Morgan fingerprint density at radius 1 is 0.857 bits per heavy atom. The maximum absolute atomic E-state index is 13.2. The van der Waals surface area contributed by atoms with Crippen LogP contribution in [-0.4, -0.2) is 71.1 Å². The molecule has 0 bridgehead atoms. The molecular formula is C26H27F2N5O2. The number of aromatic nitrogens is 2. The predicted molar refractivity (Wildman–Crippen MR) is 129 cm³/mol. The van der Waals surface area contributed by atoms with Crippen molar-refractivity contribution >= 4 is 17.6 Å². The van der Waals surface area contributed by atoms with Crippen molar-refractivity contribution in [3.05, 3.63) is 77.9 Å². The third kappa shape index (κ3) is 5.98. The molecular weight excluding hydrogens is 452 g/mol. The number of carbonyl (C=O) groups is 2. The van der Waals surface area contributed by atoms with Gasteiger partial charge in [-0.05, 0) is 74.0 Å². The van der Waals surface area contributed by atoms with Gasteiger partial charge in [-0.2, -0.15) is 0 Å². The molecule has 2 amide bonds. The van der Waals surface area contributed by atoms with Crippen LogP contribution in [0.2, 0.25) is 0 Å². The van der Waals surface area contributed by atoms with Crippen LogP contribution in [0, 0.1) is 11.6 Å². The first kappa shape index (κ1) is 24.3. The quantitative estimate of drug-likeness (QED) is 0.540. The summed E-state index contributed by atoms with van der Waals surface area (Å²) in [5.74, 6) is -0.420. The van der Waals surface area contributed by atoms with E-state index in [-0.39, 0.29) is 24.2 Å². The maximum Gasteiger partial charge on any atom is 0.254 e. The summed E-state index contributed by atoms with van der Waals surface area (Å²) in [6.07, 6.45) is 0.755. The van der Waals surface area contributed by atoms with Gasteiger partial charge in [0.1, 0.15) is 18.2 Å². The van der Waals surface area contributed by atoms with Crippen LogP contribution in [0.25, 0.3) is 11.3 Å². The van der Waals surface area contributed by atoms with Crippen molar-refractivity contribution in [3.8, 4) is 11.3 Å². The first-order chi connectivity index (χ1) is 16.9. The Bertz CT molecular complexity index is 1150. The Labute approximate surface area is 203 Å². The van der Waals surface area contributed by atoms with Gasteiger partial charge in [-0.15, -0.1) is 10.2 Å². The largest absolute Gasteiger partial charge is 0.353 e. The van der Waals surface area contributed by atoms with Crippen molar-refractivity contribution in [2.45, 2.75) is 13.3 Å². The molecule has 0 spiro atoms. The molecule has 1 aliphatic heterocycles. The average molecular weight is 480 g/mol. The zero-order valence-electron chi connectivity index (χ0n) is 19.5. The molecule has 2 heterocycles. The van der Waals surface area contributed by atoms with Crippen LogP contribution >= 0.6 is 0 Å². The fourth-order valence-electron chi connectivity index (χ4n) is 4.03. The third-order valence-corrected chi connectivity index (χ3v) is 6.05. The first-order valence-corrected chi connectivity index (χ1v) is 11.6. The molecule has 0 atom stereocenters. The summed E-state index contributed by atoms with van der Waals surface area (Å²) in [7, 11) is 0. The summed E-state index contributed by atoms with van der Waals surface area (Å²) >= 11 is 0. The summed E-state index contributed by atoms with van der Waals surface area (Å²) in [5, 5.41) is 8.62. The normalized spacial score (nSPS) is 13.9. The number of hydrogen-bond acceptors (Lipinski definition) is 5. The highest BCUT2D eigenvalue weighted by Crippen LogP contribution is 2.20. The van der Waals surface area contributed by atoms with Crippen LogP contribution in [0.4, 0.5) is 14.6 Å². The van der Waals surface area contributed by atoms with Gasteiger partial charge in [0.15, 0.2) is 5.82 Å².